The lowest BCUT2D eigenvalue weighted by atomic mass is 9.88. The second kappa shape index (κ2) is 5.83. The molecule has 0 unspecified atom stereocenters. The maximum Gasteiger partial charge on any atom is 0.136 e. The van der Waals surface area contributed by atoms with E-state index < -0.39 is 0 Å². The van der Waals surface area contributed by atoms with Crippen LogP contribution in [-0.4, -0.2) is 12.4 Å². The van der Waals surface area contributed by atoms with Crippen molar-refractivity contribution in [2.75, 3.05) is 12.4 Å². The number of ether oxygens (including phenoxy) is 1. The van der Waals surface area contributed by atoms with Gasteiger partial charge >= 0.3 is 0 Å². The number of thioether (sulfide) groups is 1. The van der Waals surface area contributed by atoms with Gasteiger partial charge in [-0.2, -0.15) is 0 Å². The van der Waals surface area contributed by atoms with Crippen LogP contribution >= 0.6 is 11.8 Å². The SMILES string of the molecule is c1ccc(C2=C(C3CCCCC3)SCCO2)cc1. The maximum atomic E-state index is 5.99. The molecule has 0 spiro atoms. The van der Waals surface area contributed by atoms with E-state index in [-0.39, 0.29) is 0 Å². The summed E-state index contributed by atoms with van der Waals surface area (Å²) in [4.78, 5) is 1.52. The molecule has 1 saturated carbocycles. The molecule has 0 amide bonds. The molecule has 2 aliphatic rings. The smallest absolute Gasteiger partial charge is 0.136 e. The average molecular weight is 260 g/mol. The number of rotatable bonds is 2. The zero-order valence-corrected chi connectivity index (χ0v) is 11.5. The van der Waals surface area contributed by atoms with E-state index >= 15 is 0 Å². The summed E-state index contributed by atoms with van der Waals surface area (Å²) in [7, 11) is 0. The molecule has 1 aliphatic heterocycles. The maximum absolute atomic E-state index is 5.99. The van der Waals surface area contributed by atoms with Crippen LogP contribution in [0.4, 0.5) is 0 Å². The lowest BCUT2D eigenvalue weighted by molar-refractivity contribution is 0.290. The third-order valence-electron chi connectivity index (χ3n) is 3.82. The minimum absolute atomic E-state index is 0.749. The fraction of sp³-hybridized carbons (Fsp3) is 0.500. The van der Waals surface area contributed by atoms with Gasteiger partial charge in [-0.1, -0.05) is 49.6 Å². The topological polar surface area (TPSA) is 9.23 Å². The Balaban J connectivity index is 1.92. The molecule has 2 heteroatoms. The Morgan fingerprint density at radius 3 is 2.56 bits per heavy atom. The number of allylic oxidation sites excluding steroid dienone is 1. The number of hydrogen-bond acceptors (Lipinski definition) is 2. The van der Waals surface area contributed by atoms with Crippen molar-refractivity contribution in [3.8, 4) is 0 Å². The molecule has 0 bridgehead atoms. The minimum atomic E-state index is 0.749. The zero-order valence-electron chi connectivity index (χ0n) is 10.7. The van der Waals surface area contributed by atoms with Crippen LogP contribution in [0.2, 0.25) is 0 Å². The van der Waals surface area contributed by atoms with Gasteiger partial charge in [-0.3, -0.25) is 0 Å². The van der Waals surface area contributed by atoms with Crippen molar-refractivity contribution in [3.05, 3.63) is 40.8 Å². The molecule has 18 heavy (non-hydrogen) atoms. The Morgan fingerprint density at radius 1 is 1.00 bits per heavy atom. The Hall–Kier alpha value is -0.890. The number of hydrogen-bond donors (Lipinski definition) is 0. The molecule has 0 radical (unpaired) electrons. The Kier molecular flexibility index (Phi) is 3.94. The lowest BCUT2D eigenvalue weighted by Crippen LogP contribution is -2.15. The second-order valence-corrected chi connectivity index (χ2v) is 6.23. The fourth-order valence-electron chi connectivity index (χ4n) is 2.92. The van der Waals surface area contributed by atoms with E-state index in [1.807, 2.05) is 11.8 Å². The molecule has 0 saturated heterocycles. The Labute approximate surface area is 114 Å². The van der Waals surface area contributed by atoms with E-state index in [0.717, 1.165) is 18.3 Å². The highest BCUT2D eigenvalue weighted by atomic mass is 32.2. The number of benzene rings is 1. The first-order chi connectivity index (χ1) is 8.95. The first-order valence-electron chi connectivity index (χ1n) is 7.00. The van der Waals surface area contributed by atoms with Gasteiger partial charge in [0, 0.05) is 16.2 Å². The summed E-state index contributed by atoms with van der Waals surface area (Å²) in [6.07, 6.45) is 6.88. The van der Waals surface area contributed by atoms with Crippen LogP contribution < -0.4 is 0 Å². The van der Waals surface area contributed by atoms with Crippen LogP contribution in [0.3, 0.4) is 0 Å². The van der Waals surface area contributed by atoms with Gasteiger partial charge < -0.3 is 4.74 Å². The fourth-order valence-corrected chi connectivity index (χ4v) is 4.08. The molecule has 1 aliphatic carbocycles. The van der Waals surface area contributed by atoms with Gasteiger partial charge in [-0.05, 0) is 18.8 Å². The van der Waals surface area contributed by atoms with Crippen LogP contribution in [-0.2, 0) is 4.74 Å². The van der Waals surface area contributed by atoms with E-state index in [1.54, 1.807) is 0 Å². The normalized spacial score (nSPS) is 21.8. The van der Waals surface area contributed by atoms with Crippen molar-refractivity contribution < 1.29 is 4.74 Å². The van der Waals surface area contributed by atoms with E-state index in [9.17, 15) is 0 Å². The molecular formula is C16H20OS. The van der Waals surface area contributed by atoms with Gasteiger partial charge in [0.2, 0.25) is 0 Å². The van der Waals surface area contributed by atoms with Gasteiger partial charge in [-0.25, -0.2) is 0 Å². The van der Waals surface area contributed by atoms with Gasteiger partial charge in [0.05, 0.1) is 6.61 Å². The molecule has 1 aromatic rings. The third kappa shape index (κ3) is 2.59. The quantitative estimate of drug-likeness (QED) is 0.762. The summed E-state index contributed by atoms with van der Waals surface area (Å²) in [6, 6.07) is 10.6. The highest BCUT2D eigenvalue weighted by molar-refractivity contribution is 8.03. The van der Waals surface area contributed by atoms with E-state index in [1.165, 1.54) is 48.3 Å². The first-order valence-corrected chi connectivity index (χ1v) is 7.99. The van der Waals surface area contributed by atoms with Crippen molar-refractivity contribution in [1.29, 1.82) is 0 Å². The summed E-state index contributed by atoms with van der Waals surface area (Å²) >= 11 is 2.03. The monoisotopic (exact) mass is 260 g/mol. The predicted octanol–water partition coefficient (Wildman–Crippen LogP) is 4.70. The lowest BCUT2D eigenvalue weighted by Gasteiger charge is -2.29. The van der Waals surface area contributed by atoms with Crippen LogP contribution in [0.1, 0.15) is 37.7 Å². The summed E-state index contributed by atoms with van der Waals surface area (Å²) in [6.45, 7) is 0.852. The van der Waals surface area contributed by atoms with Gasteiger partial charge in [0.15, 0.2) is 0 Å². The van der Waals surface area contributed by atoms with Crippen LogP contribution in [0, 0.1) is 5.92 Å². The summed E-state index contributed by atoms with van der Waals surface area (Å²) in [5, 5.41) is 0. The molecule has 3 rings (SSSR count). The van der Waals surface area contributed by atoms with Crippen LogP contribution in [0.15, 0.2) is 35.2 Å². The second-order valence-electron chi connectivity index (χ2n) is 5.09. The third-order valence-corrected chi connectivity index (χ3v) is 5.02. The molecule has 96 valence electrons. The molecule has 0 atom stereocenters. The standard InChI is InChI=1S/C16H20OS/c1-3-7-13(8-4-1)15-16(18-12-11-17-15)14-9-5-2-6-10-14/h1,3-4,7-8,14H,2,5-6,9-12H2. The van der Waals surface area contributed by atoms with Crippen molar-refractivity contribution in [2.24, 2.45) is 5.92 Å². The van der Waals surface area contributed by atoms with Crippen molar-refractivity contribution in [1.82, 2.24) is 0 Å². The molecule has 1 fully saturated rings. The highest BCUT2D eigenvalue weighted by Crippen LogP contribution is 2.42. The van der Waals surface area contributed by atoms with Gasteiger partial charge in [0.1, 0.15) is 5.76 Å². The largest absolute Gasteiger partial charge is 0.491 e. The summed E-state index contributed by atoms with van der Waals surface area (Å²) in [5.74, 6) is 3.03. The van der Waals surface area contributed by atoms with E-state index in [2.05, 4.69) is 30.3 Å². The van der Waals surface area contributed by atoms with E-state index in [4.69, 9.17) is 4.74 Å². The molecular weight excluding hydrogens is 240 g/mol. The molecule has 1 nitrogen and oxygen atoms in total. The van der Waals surface area contributed by atoms with Crippen molar-refractivity contribution in [2.45, 2.75) is 32.1 Å². The Bertz CT molecular complexity index is 418. The molecule has 0 N–H and O–H groups in total. The molecule has 1 aromatic carbocycles. The summed E-state index contributed by atoms with van der Waals surface area (Å²) < 4.78 is 5.99. The predicted molar refractivity (Wildman–Crippen MR) is 78.3 cm³/mol. The van der Waals surface area contributed by atoms with Crippen molar-refractivity contribution >= 4 is 17.5 Å². The molecule has 0 aromatic heterocycles. The summed E-state index contributed by atoms with van der Waals surface area (Å²) in [5.41, 5.74) is 1.25. The van der Waals surface area contributed by atoms with Gasteiger partial charge in [-0.15, -0.1) is 11.8 Å². The Morgan fingerprint density at radius 2 is 1.78 bits per heavy atom. The van der Waals surface area contributed by atoms with Gasteiger partial charge in [0.25, 0.3) is 0 Å². The van der Waals surface area contributed by atoms with E-state index in [0.29, 0.717) is 0 Å². The van der Waals surface area contributed by atoms with Crippen LogP contribution in [0.25, 0.3) is 5.76 Å². The first kappa shape index (κ1) is 12.2. The van der Waals surface area contributed by atoms with Crippen molar-refractivity contribution in [3.63, 3.8) is 0 Å². The average Bonchev–Trinajstić information content (AvgIpc) is 2.49. The van der Waals surface area contributed by atoms with Crippen LogP contribution in [0.5, 0.6) is 0 Å². The highest BCUT2D eigenvalue weighted by Gasteiger charge is 2.25. The minimum Gasteiger partial charge on any atom is -0.491 e. The zero-order chi connectivity index (χ0) is 12.2. The molecule has 1 heterocycles.